The zero-order valence-corrected chi connectivity index (χ0v) is 23.2. The van der Waals surface area contributed by atoms with Crippen LogP contribution in [0.5, 0.6) is 0 Å². The molecular weight excluding hydrogens is 508 g/mol. The van der Waals surface area contributed by atoms with Crippen LogP contribution in [0.3, 0.4) is 0 Å². The number of Topliss-reactive ketones (excluding diaryl/α,β-unsaturated/α-hetero) is 1. The van der Waals surface area contributed by atoms with Crippen LogP contribution in [0.1, 0.15) is 78.6 Å². The fraction of sp³-hybridized carbons (Fsp3) is 0.897. The molecule has 5 aliphatic rings. The topological polar surface area (TPSA) is 160 Å². The Morgan fingerprint density at radius 2 is 1.56 bits per heavy atom. The normalized spacial score (nSPS) is 49.3. The molecule has 5 rings (SSSR count). The van der Waals surface area contributed by atoms with Gasteiger partial charge in [-0.3, -0.25) is 9.59 Å². The van der Waals surface area contributed by atoms with Crippen molar-refractivity contribution in [2.24, 2.45) is 40.4 Å². The zero-order valence-electron chi connectivity index (χ0n) is 23.2. The highest BCUT2D eigenvalue weighted by molar-refractivity contribution is 5.85. The number of ether oxygens (including phenoxy) is 3. The summed E-state index contributed by atoms with van der Waals surface area (Å²) in [7, 11) is 0. The molecule has 4 N–H and O–H groups in total. The third-order valence-electron chi connectivity index (χ3n) is 11.6. The fourth-order valence-corrected chi connectivity index (χ4v) is 9.50. The van der Waals surface area contributed by atoms with Crippen LogP contribution >= 0.6 is 0 Å². The molecule has 0 aromatic heterocycles. The quantitative estimate of drug-likeness (QED) is 0.284. The summed E-state index contributed by atoms with van der Waals surface area (Å²) in [5, 5.41) is 39.9. The summed E-state index contributed by atoms with van der Waals surface area (Å²) in [5.41, 5.74) is 0.0811. The lowest BCUT2D eigenvalue weighted by atomic mass is 9.44. The number of hydrogen-bond acceptors (Lipinski definition) is 9. The minimum Gasteiger partial charge on any atom is -0.479 e. The first-order valence-electron chi connectivity index (χ1n) is 14.6. The molecule has 0 radical (unpaired) electrons. The van der Waals surface area contributed by atoms with Gasteiger partial charge in [-0.05, 0) is 92.3 Å². The van der Waals surface area contributed by atoms with Crippen LogP contribution in [0.2, 0.25) is 0 Å². The van der Waals surface area contributed by atoms with Crippen molar-refractivity contribution in [2.75, 3.05) is 6.61 Å². The molecule has 1 saturated heterocycles. The minimum atomic E-state index is -1.73. The van der Waals surface area contributed by atoms with E-state index in [2.05, 4.69) is 13.8 Å². The average Bonchev–Trinajstić information content (AvgIpc) is 3.24. The van der Waals surface area contributed by atoms with E-state index in [0.29, 0.717) is 23.7 Å². The van der Waals surface area contributed by atoms with Gasteiger partial charge in [0.2, 0.25) is 0 Å². The molecule has 4 saturated carbocycles. The number of carbonyl (C=O) groups excluding carboxylic acids is 2. The Kier molecular flexibility index (Phi) is 7.91. The molecule has 10 nitrogen and oxygen atoms in total. The molecule has 0 bridgehead atoms. The van der Waals surface area contributed by atoms with Crippen LogP contribution in [-0.4, -0.2) is 81.6 Å². The van der Waals surface area contributed by atoms with Crippen molar-refractivity contribution in [3.05, 3.63) is 0 Å². The Labute approximate surface area is 229 Å². The summed E-state index contributed by atoms with van der Waals surface area (Å²) in [5.74, 6) is 0.190. The van der Waals surface area contributed by atoms with E-state index in [1.165, 1.54) is 6.92 Å². The second kappa shape index (κ2) is 10.7. The second-order valence-corrected chi connectivity index (χ2v) is 13.3. The molecule has 13 atom stereocenters. The number of carboxylic acids is 1. The Morgan fingerprint density at radius 1 is 0.872 bits per heavy atom. The maximum atomic E-state index is 13.0. The summed E-state index contributed by atoms with van der Waals surface area (Å²) in [6, 6.07) is 0. The number of carbonyl (C=O) groups is 3. The lowest BCUT2D eigenvalue weighted by Gasteiger charge is -2.61. The van der Waals surface area contributed by atoms with Crippen molar-refractivity contribution >= 4 is 17.7 Å². The molecule has 5 fully saturated rings. The molecule has 1 heterocycles. The Balaban J connectivity index is 1.24. The highest BCUT2D eigenvalue weighted by Gasteiger charge is 2.61. The maximum Gasteiger partial charge on any atom is 0.335 e. The van der Waals surface area contributed by atoms with Crippen LogP contribution in [0.4, 0.5) is 0 Å². The number of fused-ring (bicyclic) bond motifs is 5. The van der Waals surface area contributed by atoms with E-state index in [1.54, 1.807) is 0 Å². The monoisotopic (exact) mass is 552 g/mol. The van der Waals surface area contributed by atoms with Gasteiger partial charge in [0.25, 0.3) is 0 Å². The number of esters is 1. The summed E-state index contributed by atoms with van der Waals surface area (Å²) in [6.45, 7) is 5.89. The molecule has 0 aromatic rings. The van der Waals surface area contributed by atoms with Gasteiger partial charge in [-0.1, -0.05) is 13.8 Å². The highest BCUT2D eigenvalue weighted by atomic mass is 16.7. The van der Waals surface area contributed by atoms with Gasteiger partial charge in [-0.2, -0.15) is 0 Å². The Hall–Kier alpha value is -1.59. The van der Waals surface area contributed by atoms with Crippen molar-refractivity contribution in [1.29, 1.82) is 0 Å². The lowest BCUT2D eigenvalue weighted by Crippen LogP contribution is -2.61. The molecule has 1 aliphatic heterocycles. The summed E-state index contributed by atoms with van der Waals surface area (Å²) in [4.78, 5) is 35.7. The first-order valence-corrected chi connectivity index (χ1v) is 14.6. The number of ketones is 1. The Morgan fingerprint density at radius 3 is 2.26 bits per heavy atom. The highest BCUT2D eigenvalue weighted by Crippen LogP contribution is 2.67. The fourth-order valence-electron chi connectivity index (χ4n) is 9.50. The van der Waals surface area contributed by atoms with Crippen molar-refractivity contribution < 1.29 is 49.0 Å². The number of aliphatic hydroxyl groups excluding tert-OH is 3. The third-order valence-corrected chi connectivity index (χ3v) is 11.6. The number of aliphatic hydroxyl groups is 3. The van der Waals surface area contributed by atoms with Gasteiger partial charge >= 0.3 is 11.9 Å². The SMILES string of the molecule is CC(=O)OCC(=O)[C@H]1CC[C@H]2[C@@H]3CC[C@H]4C[C@H](OC5O[C@H](C(=O)O)[C@@H](O)[C@H](O)[C@H]5O)CC[C@]4(C)[C@H]3CC[C@]12C. The van der Waals surface area contributed by atoms with E-state index in [0.717, 1.165) is 57.8 Å². The Bertz CT molecular complexity index is 970. The summed E-state index contributed by atoms with van der Waals surface area (Å²) >= 11 is 0. The largest absolute Gasteiger partial charge is 0.479 e. The predicted molar refractivity (Wildman–Crippen MR) is 136 cm³/mol. The van der Waals surface area contributed by atoms with Crippen LogP contribution in [0.25, 0.3) is 0 Å². The second-order valence-electron chi connectivity index (χ2n) is 13.3. The molecule has 39 heavy (non-hydrogen) atoms. The van der Waals surface area contributed by atoms with E-state index in [1.807, 2.05) is 0 Å². The molecule has 0 spiro atoms. The first-order chi connectivity index (χ1) is 18.4. The van der Waals surface area contributed by atoms with E-state index >= 15 is 0 Å². The van der Waals surface area contributed by atoms with Gasteiger partial charge in [0.1, 0.15) is 24.9 Å². The van der Waals surface area contributed by atoms with Crippen molar-refractivity contribution in [1.82, 2.24) is 0 Å². The molecule has 220 valence electrons. The van der Waals surface area contributed by atoms with Gasteiger partial charge in [0.05, 0.1) is 6.10 Å². The standard InChI is InChI=1S/C29H44O10/c1-14(30)37-13-21(31)20-7-6-18-17-5-4-15-12-16(8-10-28(15,2)19(17)9-11-29(18,20)3)38-27-24(34)22(32)23(33)25(39-27)26(35)36/h15-20,22-25,27,32-34H,4-13H2,1-3H3,(H,35,36)/t15-,16+,17-,18-,19-,20+,22-,23-,24+,25-,27?,28-,29-/m0/s1. The van der Waals surface area contributed by atoms with Crippen molar-refractivity contribution in [3.63, 3.8) is 0 Å². The van der Waals surface area contributed by atoms with Gasteiger partial charge in [0, 0.05) is 12.8 Å². The molecular formula is C29H44O10. The van der Waals surface area contributed by atoms with Crippen LogP contribution in [0.15, 0.2) is 0 Å². The number of hydrogen-bond donors (Lipinski definition) is 4. The molecule has 1 unspecified atom stereocenters. The number of carboxylic acid groups (broad SMARTS) is 1. The third kappa shape index (κ3) is 4.94. The van der Waals surface area contributed by atoms with Gasteiger partial charge in [0.15, 0.2) is 18.2 Å². The maximum absolute atomic E-state index is 13.0. The van der Waals surface area contributed by atoms with E-state index in [9.17, 15) is 34.8 Å². The number of aliphatic carboxylic acids is 1. The molecule has 0 aromatic carbocycles. The zero-order chi connectivity index (χ0) is 28.3. The van der Waals surface area contributed by atoms with Crippen LogP contribution in [-0.2, 0) is 28.6 Å². The average molecular weight is 553 g/mol. The molecule has 4 aliphatic carbocycles. The summed E-state index contributed by atoms with van der Waals surface area (Å²) < 4.78 is 16.5. The molecule has 0 amide bonds. The van der Waals surface area contributed by atoms with Crippen molar-refractivity contribution in [3.8, 4) is 0 Å². The van der Waals surface area contributed by atoms with Gasteiger partial charge < -0.3 is 34.6 Å². The van der Waals surface area contributed by atoms with Gasteiger partial charge in [-0.25, -0.2) is 4.79 Å². The molecule has 10 heteroatoms. The van der Waals surface area contributed by atoms with E-state index in [-0.39, 0.29) is 35.2 Å². The first kappa shape index (κ1) is 28.9. The van der Waals surface area contributed by atoms with E-state index in [4.69, 9.17) is 14.2 Å². The lowest BCUT2D eigenvalue weighted by molar-refractivity contribution is -0.309. The van der Waals surface area contributed by atoms with Gasteiger partial charge in [-0.15, -0.1) is 0 Å². The van der Waals surface area contributed by atoms with Crippen LogP contribution < -0.4 is 0 Å². The van der Waals surface area contributed by atoms with Crippen LogP contribution in [0, 0.1) is 40.4 Å². The summed E-state index contributed by atoms with van der Waals surface area (Å²) in [6.07, 6.45) is 0.424. The van der Waals surface area contributed by atoms with E-state index < -0.39 is 42.6 Å². The minimum absolute atomic E-state index is 0.0529. The predicted octanol–water partition coefficient (Wildman–Crippen LogP) is 2.05. The number of rotatable bonds is 6. The van der Waals surface area contributed by atoms with Crippen molar-refractivity contribution in [2.45, 2.75) is 115 Å². The smallest absolute Gasteiger partial charge is 0.335 e.